The average molecular weight is 279 g/mol. The molecule has 15 heavy (non-hydrogen) atoms. The molecule has 0 radical (unpaired) electrons. The Hall–Kier alpha value is 0.400. The van der Waals surface area contributed by atoms with Crippen molar-refractivity contribution in [2.24, 2.45) is 10.8 Å². The Balaban J connectivity index is 2.45. The van der Waals surface area contributed by atoms with Gasteiger partial charge in [-0.05, 0) is 23.7 Å². The highest BCUT2D eigenvalue weighted by Crippen LogP contribution is 2.38. The molecule has 0 aromatic rings. The molecule has 90 valence electrons. The fourth-order valence-electron chi connectivity index (χ4n) is 1.95. The third-order valence-corrected chi connectivity index (χ3v) is 3.93. The normalized spacial score (nSPS) is 28.0. The lowest BCUT2D eigenvalue weighted by Crippen LogP contribution is -2.29. The zero-order valence-corrected chi connectivity index (χ0v) is 11.8. The van der Waals surface area contributed by atoms with Gasteiger partial charge in [-0.25, -0.2) is 0 Å². The van der Waals surface area contributed by atoms with Gasteiger partial charge in [0.15, 0.2) is 0 Å². The fourth-order valence-corrected chi connectivity index (χ4v) is 3.17. The van der Waals surface area contributed by atoms with Gasteiger partial charge in [0.2, 0.25) is 0 Å². The summed E-state index contributed by atoms with van der Waals surface area (Å²) < 4.78 is 5.79. The van der Waals surface area contributed by atoms with E-state index in [4.69, 9.17) is 4.74 Å². The van der Waals surface area contributed by atoms with Gasteiger partial charge in [0.25, 0.3) is 0 Å². The van der Waals surface area contributed by atoms with Crippen LogP contribution in [0.4, 0.5) is 0 Å². The summed E-state index contributed by atoms with van der Waals surface area (Å²) in [5.74, 6) is 0. The molecular weight excluding hydrogens is 256 g/mol. The summed E-state index contributed by atoms with van der Waals surface area (Å²) >= 11 is 3.70. The molecule has 1 aliphatic heterocycles. The second-order valence-corrected chi connectivity index (χ2v) is 7.44. The minimum absolute atomic E-state index is 0.0236. The molecule has 0 saturated carbocycles. The maximum atomic E-state index is 9.23. The highest BCUT2D eigenvalue weighted by atomic mass is 79.9. The molecule has 1 rings (SSSR count). The van der Waals surface area contributed by atoms with Crippen molar-refractivity contribution in [3.63, 3.8) is 0 Å². The van der Waals surface area contributed by atoms with Crippen LogP contribution in [0.25, 0.3) is 0 Å². The van der Waals surface area contributed by atoms with Crippen LogP contribution in [0.15, 0.2) is 0 Å². The second-order valence-electron chi connectivity index (χ2n) is 6.26. The van der Waals surface area contributed by atoms with E-state index in [1.807, 2.05) is 0 Å². The number of alkyl halides is 1. The first-order valence-corrected chi connectivity index (χ1v) is 6.54. The van der Waals surface area contributed by atoms with E-state index in [0.717, 1.165) is 19.4 Å². The molecule has 0 unspecified atom stereocenters. The number of aliphatic hydroxyl groups excluding tert-OH is 1. The van der Waals surface area contributed by atoms with Gasteiger partial charge in [-0.15, -0.1) is 0 Å². The van der Waals surface area contributed by atoms with Crippen molar-refractivity contribution in [2.75, 3.05) is 13.2 Å². The van der Waals surface area contributed by atoms with Crippen LogP contribution >= 0.6 is 15.9 Å². The van der Waals surface area contributed by atoms with E-state index < -0.39 is 0 Å². The molecule has 0 spiro atoms. The lowest BCUT2D eigenvalue weighted by atomic mass is 9.84. The molecule has 0 aliphatic carbocycles. The number of hydrogen-bond acceptors (Lipinski definition) is 2. The predicted octanol–water partition coefficient (Wildman–Crippen LogP) is 2.97. The minimum atomic E-state index is -0.0236. The van der Waals surface area contributed by atoms with Crippen molar-refractivity contribution in [3.05, 3.63) is 0 Å². The maximum absolute atomic E-state index is 9.23. The number of ether oxygens (including phenoxy) is 1. The summed E-state index contributed by atoms with van der Waals surface area (Å²) in [4.78, 5) is 0.349. The van der Waals surface area contributed by atoms with Gasteiger partial charge < -0.3 is 9.84 Å². The van der Waals surface area contributed by atoms with E-state index in [0.29, 0.717) is 16.3 Å². The van der Waals surface area contributed by atoms with Crippen LogP contribution in [-0.4, -0.2) is 29.3 Å². The third kappa shape index (κ3) is 4.04. The topological polar surface area (TPSA) is 29.5 Å². The van der Waals surface area contributed by atoms with Crippen LogP contribution < -0.4 is 0 Å². The Bertz CT molecular complexity index is 214. The fraction of sp³-hybridized carbons (Fsp3) is 1.00. The maximum Gasteiger partial charge on any atom is 0.0706 e. The van der Waals surface area contributed by atoms with Crippen LogP contribution in [0, 0.1) is 10.8 Å². The van der Waals surface area contributed by atoms with E-state index in [9.17, 15) is 5.11 Å². The summed E-state index contributed by atoms with van der Waals surface area (Å²) in [7, 11) is 0. The lowest BCUT2D eigenvalue weighted by molar-refractivity contribution is 0.0789. The highest BCUT2D eigenvalue weighted by molar-refractivity contribution is 9.09. The largest absolute Gasteiger partial charge is 0.396 e. The van der Waals surface area contributed by atoms with Gasteiger partial charge in [-0.3, -0.25) is 0 Å². The summed E-state index contributed by atoms with van der Waals surface area (Å²) in [5.41, 5.74) is 0.282. The molecule has 2 nitrogen and oxygen atoms in total. The number of halogens is 1. The molecular formula is C12H23BrO2. The van der Waals surface area contributed by atoms with E-state index >= 15 is 0 Å². The third-order valence-electron chi connectivity index (χ3n) is 3.02. The van der Waals surface area contributed by atoms with Gasteiger partial charge in [0.1, 0.15) is 0 Å². The first-order valence-electron chi connectivity index (χ1n) is 5.62. The number of hydrogen-bond donors (Lipinski definition) is 1. The Kier molecular flexibility index (Phi) is 4.24. The SMILES string of the molecule is CC1(C)CO[C@H]([C@@H](Br)CC(C)(C)CO)C1. The molecule has 1 aliphatic rings. The molecule has 2 atom stereocenters. The molecule has 0 aromatic carbocycles. The molecule has 0 amide bonds. The van der Waals surface area contributed by atoms with E-state index in [1.54, 1.807) is 0 Å². The quantitative estimate of drug-likeness (QED) is 0.802. The van der Waals surface area contributed by atoms with Crippen LogP contribution in [0.5, 0.6) is 0 Å². The zero-order chi connectivity index (χ0) is 11.7. The summed E-state index contributed by atoms with van der Waals surface area (Å²) in [5, 5.41) is 9.23. The summed E-state index contributed by atoms with van der Waals surface area (Å²) in [6.07, 6.45) is 2.35. The van der Waals surface area contributed by atoms with Gasteiger partial charge in [-0.1, -0.05) is 43.6 Å². The summed E-state index contributed by atoms with van der Waals surface area (Å²) in [6.45, 7) is 9.72. The van der Waals surface area contributed by atoms with Crippen molar-refractivity contribution in [3.8, 4) is 0 Å². The van der Waals surface area contributed by atoms with Gasteiger partial charge in [0.05, 0.1) is 12.7 Å². The Morgan fingerprint density at radius 2 is 2.13 bits per heavy atom. The second kappa shape index (κ2) is 4.72. The Morgan fingerprint density at radius 1 is 1.53 bits per heavy atom. The standard InChI is InChI=1S/C12H23BrO2/c1-11(2,7-14)5-9(13)10-6-12(3,4)8-15-10/h9-10,14H,5-8H2,1-4H3/t9-,10-/m0/s1. The Morgan fingerprint density at radius 3 is 2.53 bits per heavy atom. The average Bonchev–Trinajstić information content (AvgIpc) is 2.45. The van der Waals surface area contributed by atoms with Crippen LogP contribution in [-0.2, 0) is 4.74 Å². The minimum Gasteiger partial charge on any atom is -0.396 e. The van der Waals surface area contributed by atoms with Crippen LogP contribution in [0.2, 0.25) is 0 Å². The molecule has 3 heteroatoms. The van der Waals surface area contributed by atoms with Crippen molar-refractivity contribution in [1.82, 2.24) is 0 Å². The predicted molar refractivity (Wildman–Crippen MR) is 66.3 cm³/mol. The van der Waals surface area contributed by atoms with Gasteiger partial charge >= 0.3 is 0 Å². The van der Waals surface area contributed by atoms with Crippen molar-refractivity contribution in [2.45, 2.75) is 51.5 Å². The lowest BCUT2D eigenvalue weighted by Gasteiger charge is -2.27. The van der Waals surface area contributed by atoms with Gasteiger partial charge in [-0.2, -0.15) is 0 Å². The molecule has 1 saturated heterocycles. The van der Waals surface area contributed by atoms with Crippen LogP contribution in [0.3, 0.4) is 0 Å². The van der Waals surface area contributed by atoms with Crippen molar-refractivity contribution >= 4 is 15.9 Å². The monoisotopic (exact) mass is 278 g/mol. The molecule has 0 bridgehead atoms. The molecule has 1 heterocycles. The van der Waals surface area contributed by atoms with E-state index in [1.165, 1.54) is 0 Å². The first kappa shape index (κ1) is 13.5. The first-order chi connectivity index (χ1) is 6.76. The van der Waals surface area contributed by atoms with E-state index in [2.05, 4.69) is 43.6 Å². The van der Waals surface area contributed by atoms with Crippen LogP contribution in [0.1, 0.15) is 40.5 Å². The van der Waals surface area contributed by atoms with E-state index in [-0.39, 0.29) is 12.0 Å². The molecule has 1 fully saturated rings. The number of aliphatic hydroxyl groups is 1. The molecule has 0 aromatic heterocycles. The Labute approximate surface area is 102 Å². The molecule has 1 N–H and O–H groups in total. The van der Waals surface area contributed by atoms with Crippen molar-refractivity contribution in [1.29, 1.82) is 0 Å². The van der Waals surface area contributed by atoms with Crippen molar-refractivity contribution < 1.29 is 9.84 Å². The zero-order valence-electron chi connectivity index (χ0n) is 10.2. The highest BCUT2D eigenvalue weighted by Gasteiger charge is 2.37. The number of rotatable bonds is 4. The summed E-state index contributed by atoms with van der Waals surface area (Å²) in [6, 6.07) is 0. The van der Waals surface area contributed by atoms with Gasteiger partial charge in [0, 0.05) is 11.4 Å². The smallest absolute Gasteiger partial charge is 0.0706 e.